The fraction of sp³-hybridized carbons (Fsp3) is 0.562. The Morgan fingerprint density at radius 1 is 1.40 bits per heavy atom. The standard InChI is InChI=1S/C16H21N3O/c1-11-7-13(10-19(11)14-4-5-14)18-15-6-3-12(9-17)8-16(15)20-2/h3,6,8,11,13-14,18H,4-5,7,10H2,1-2H3. The molecule has 2 aliphatic rings. The summed E-state index contributed by atoms with van der Waals surface area (Å²) < 4.78 is 5.38. The molecule has 2 fully saturated rings. The number of nitriles is 1. The summed E-state index contributed by atoms with van der Waals surface area (Å²) in [7, 11) is 1.65. The Kier molecular flexibility index (Phi) is 3.54. The third-order valence-electron chi connectivity index (χ3n) is 4.33. The van der Waals surface area contributed by atoms with Gasteiger partial charge in [-0.1, -0.05) is 0 Å². The second-order valence-corrected chi connectivity index (χ2v) is 5.88. The van der Waals surface area contributed by atoms with E-state index in [9.17, 15) is 0 Å². The molecule has 4 heteroatoms. The Morgan fingerprint density at radius 3 is 2.85 bits per heavy atom. The van der Waals surface area contributed by atoms with Crippen molar-refractivity contribution >= 4 is 5.69 Å². The molecule has 1 heterocycles. The van der Waals surface area contributed by atoms with Gasteiger partial charge in [0, 0.05) is 30.7 Å². The van der Waals surface area contributed by atoms with Crippen molar-refractivity contribution in [2.45, 2.75) is 44.3 Å². The summed E-state index contributed by atoms with van der Waals surface area (Å²) in [6.45, 7) is 3.42. The first-order valence-electron chi connectivity index (χ1n) is 7.31. The van der Waals surface area contributed by atoms with Crippen LogP contribution < -0.4 is 10.1 Å². The Labute approximate surface area is 120 Å². The third kappa shape index (κ3) is 2.59. The zero-order chi connectivity index (χ0) is 14.1. The highest BCUT2D eigenvalue weighted by Gasteiger charge is 2.38. The predicted molar refractivity (Wildman–Crippen MR) is 78.9 cm³/mol. The van der Waals surface area contributed by atoms with Crippen LogP contribution in [0, 0.1) is 11.3 Å². The smallest absolute Gasteiger partial charge is 0.143 e. The van der Waals surface area contributed by atoms with E-state index in [0.29, 0.717) is 17.6 Å². The normalized spacial score (nSPS) is 26.2. The molecule has 0 radical (unpaired) electrons. The van der Waals surface area contributed by atoms with Crippen molar-refractivity contribution in [1.82, 2.24) is 4.90 Å². The third-order valence-corrected chi connectivity index (χ3v) is 4.33. The fourth-order valence-corrected chi connectivity index (χ4v) is 3.18. The van der Waals surface area contributed by atoms with Crippen LogP contribution in [0.4, 0.5) is 5.69 Å². The van der Waals surface area contributed by atoms with Crippen LogP contribution in [0.5, 0.6) is 5.75 Å². The number of hydrogen-bond acceptors (Lipinski definition) is 4. The van der Waals surface area contributed by atoms with Gasteiger partial charge in [0.25, 0.3) is 0 Å². The first-order chi connectivity index (χ1) is 9.71. The maximum atomic E-state index is 8.94. The van der Waals surface area contributed by atoms with Crippen molar-refractivity contribution in [3.63, 3.8) is 0 Å². The number of rotatable bonds is 4. The molecule has 3 rings (SSSR count). The number of anilines is 1. The van der Waals surface area contributed by atoms with Gasteiger partial charge in [-0.3, -0.25) is 4.90 Å². The van der Waals surface area contributed by atoms with Crippen molar-refractivity contribution < 1.29 is 4.74 Å². The number of methoxy groups -OCH3 is 1. The van der Waals surface area contributed by atoms with Crippen LogP contribution in [0.15, 0.2) is 18.2 Å². The summed E-state index contributed by atoms with van der Waals surface area (Å²) in [5.41, 5.74) is 1.62. The van der Waals surface area contributed by atoms with Crippen LogP contribution >= 0.6 is 0 Å². The van der Waals surface area contributed by atoms with Crippen molar-refractivity contribution in [2.24, 2.45) is 0 Å². The second kappa shape index (κ2) is 5.34. The largest absolute Gasteiger partial charge is 0.495 e. The SMILES string of the molecule is COc1cc(C#N)ccc1NC1CC(C)N(C2CC2)C1. The minimum Gasteiger partial charge on any atom is -0.495 e. The molecule has 1 aromatic rings. The minimum atomic E-state index is 0.465. The van der Waals surface area contributed by atoms with Gasteiger partial charge in [-0.05, 0) is 38.3 Å². The summed E-state index contributed by atoms with van der Waals surface area (Å²) in [5.74, 6) is 0.751. The molecule has 20 heavy (non-hydrogen) atoms. The number of nitrogens with zero attached hydrogens (tertiary/aromatic N) is 2. The number of benzene rings is 1. The van der Waals surface area contributed by atoms with Crippen molar-refractivity contribution in [2.75, 3.05) is 19.0 Å². The van der Waals surface area contributed by atoms with Crippen molar-refractivity contribution in [1.29, 1.82) is 5.26 Å². The zero-order valence-electron chi connectivity index (χ0n) is 12.1. The molecule has 106 valence electrons. The van der Waals surface area contributed by atoms with Gasteiger partial charge >= 0.3 is 0 Å². The quantitative estimate of drug-likeness (QED) is 0.914. The molecule has 1 N–H and O–H groups in total. The highest BCUT2D eigenvalue weighted by Crippen LogP contribution is 2.35. The number of nitrogens with one attached hydrogen (secondary N) is 1. The lowest BCUT2D eigenvalue weighted by atomic mass is 10.1. The molecule has 0 bridgehead atoms. The van der Waals surface area contributed by atoms with E-state index in [0.717, 1.165) is 24.0 Å². The van der Waals surface area contributed by atoms with E-state index < -0.39 is 0 Å². The van der Waals surface area contributed by atoms with Crippen LogP contribution in [-0.4, -0.2) is 36.7 Å². The van der Waals surface area contributed by atoms with Crippen LogP contribution in [-0.2, 0) is 0 Å². The summed E-state index contributed by atoms with van der Waals surface area (Å²) in [6, 6.07) is 9.66. The zero-order valence-corrected chi connectivity index (χ0v) is 12.1. The molecular formula is C16H21N3O. The molecule has 4 nitrogen and oxygen atoms in total. The number of ether oxygens (including phenoxy) is 1. The summed E-state index contributed by atoms with van der Waals surface area (Å²) in [5, 5.41) is 12.5. The van der Waals surface area contributed by atoms with Crippen LogP contribution in [0.25, 0.3) is 0 Å². The van der Waals surface area contributed by atoms with Gasteiger partial charge in [0.1, 0.15) is 5.75 Å². The topological polar surface area (TPSA) is 48.3 Å². The van der Waals surface area contributed by atoms with E-state index in [2.05, 4.69) is 23.2 Å². The molecule has 1 aliphatic heterocycles. The van der Waals surface area contributed by atoms with Gasteiger partial charge in [0.15, 0.2) is 0 Å². The molecule has 1 saturated carbocycles. The Morgan fingerprint density at radius 2 is 2.20 bits per heavy atom. The molecule has 0 spiro atoms. The maximum absolute atomic E-state index is 8.94. The molecule has 0 amide bonds. The molecule has 2 unspecified atom stereocenters. The van der Waals surface area contributed by atoms with Crippen LogP contribution in [0.3, 0.4) is 0 Å². The van der Waals surface area contributed by atoms with E-state index >= 15 is 0 Å². The van der Waals surface area contributed by atoms with Gasteiger partial charge < -0.3 is 10.1 Å². The molecular weight excluding hydrogens is 250 g/mol. The maximum Gasteiger partial charge on any atom is 0.143 e. The molecule has 0 aromatic heterocycles. The van der Waals surface area contributed by atoms with E-state index in [1.807, 2.05) is 12.1 Å². The summed E-state index contributed by atoms with van der Waals surface area (Å²) in [4.78, 5) is 2.62. The molecule has 1 aromatic carbocycles. The summed E-state index contributed by atoms with van der Waals surface area (Å²) >= 11 is 0. The van der Waals surface area contributed by atoms with E-state index in [1.165, 1.54) is 19.3 Å². The average Bonchev–Trinajstić information content (AvgIpc) is 3.23. The highest BCUT2D eigenvalue weighted by molar-refractivity contribution is 5.60. The molecule has 1 aliphatic carbocycles. The number of likely N-dealkylation sites (tertiary alicyclic amines) is 1. The second-order valence-electron chi connectivity index (χ2n) is 5.88. The van der Waals surface area contributed by atoms with Crippen molar-refractivity contribution in [3.05, 3.63) is 23.8 Å². The molecule has 2 atom stereocenters. The summed E-state index contributed by atoms with van der Waals surface area (Å²) in [6.07, 6.45) is 3.88. The fourth-order valence-electron chi connectivity index (χ4n) is 3.18. The van der Waals surface area contributed by atoms with Gasteiger partial charge in [0.05, 0.1) is 24.4 Å². The lowest BCUT2D eigenvalue weighted by molar-refractivity contribution is 0.257. The lowest BCUT2D eigenvalue weighted by Crippen LogP contribution is -2.31. The van der Waals surface area contributed by atoms with E-state index in [-0.39, 0.29) is 0 Å². The minimum absolute atomic E-state index is 0.465. The van der Waals surface area contributed by atoms with E-state index in [4.69, 9.17) is 10.00 Å². The van der Waals surface area contributed by atoms with Gasteiger partial charge in [0.2, 0.25) is 0 Å². The van der Waals surface area contributed by atoms with Gasteiger partial charge in [-0.25, -0.2) is 0 Å². The van der Waals surface area contributed by atoms with E-state index in [1.54, 1.807) is 13.2 Å². The molecule has 1 saturated heterocycles. The first kappa shape index (κ1) is 13.3. The van der Waals surface area contributed by atoms with Crippen LogP contribution in [0.1, 0.15) is 31.7 Å². The number of hydrogen-bond donors (Lipinski definition) is 1. The first-order valence-corrected chi connectivity index (χ1v) is 7.31. The van der Waals surface area contributed by atoms with Crippen molar-refractivity contribution in [3.8, 4) is 11.8 Å². The Balaban J connectivity index is 1.70. The van der Waals surface area contributed by atoms with Gasteiger partial charge in [-0.15, -0.1) is 0 Å². The average molecular weight is 271 g/mol. The van der Waals surface area contributed by atoms with Gasteiger partial charge in [-0.2, -0.15) is 5.26 Å². The highest BCUT2D eigenvalue weighted by atomic mass is 16.5. The Bertz CT molecular complexity index is 533. The lowest BCUT2D eigenvalue weighted by Gasteiger charge is -2.20. The Hall–Kier alpha value is -1.73. The monoisotopic (exact) mass is 271 g/mol. The van der Waals surface area contributed by atoms with Crippen LogP contribution in [0.2, 0.25) is 0 Å². The predicted octanol–water partition coefficient (Wildman–Crippen LogP) is 2.60.